The molecule has 1 aromatic carbocycles. The maximum absolute atomic E-state index is 13.1. The predicted octanol–water partition coefficient (Wildman–Crippen LogP) is 1.90. The van der Waals surface area contributed by atoms with Crippen LogP contribution in [0.25, 0.3) is 0 Å². The number of nitrogens with two attached hydrogens (primary N) is 1. The first-order valence-corrected chi connectivity index (χ1v) is 8.58. The summed E-state index contributed by atoms with van der Waals surface area (Å²) < 4.78 is 1.84. The van der Waals surface area contributed by atoms with Gasteiger partial charge in [0.05, 0.1) is 11.8 Å². The van der Waals surface area contributed by atoms with Gasteiger partial charge in [0.2, 0.25) is 5.91 Å². The van der Waals surface area contributed by atoms with Crippen LogP contribution in [0.5, 0.6) is 0 Å². The number of amides is 2. The van der Waals surface area contributed by atoms with Crippen LogP contribution in [-0.4, -0.2) is 32.5 Å². The van der Waals surface area contributed by atoms with Gasteiger partial charge in [-0.3, -0.25) is 14.3 Å². The van der Waals surface area contributed by atoms with E-state index in [1.54, 1.807) is 11.1 Å². The maximum atomic E-state index is 13.1. The fourth-order valence-electron chi connectivity index (χ4n) is 3.33. The monoisotopic (exact) mass is 340 g/mol. The number of rotatable bonds is 4. The van der Waals surface area contributed by atoms with Crippen molar-refractivity contribution in [1.82, 2.24) is 14.7 Å². The molecule has 132 valence electrons. The van der Waals surface area contributed by atoms with Crippen molar-refractivity contribution < 1.29 is 9.59 Å². The number of hydrogen-bond acceptors (Lipinski definition) is 3. The number of fused-ring (bicyclic) bond motifs is 1. The molecule has 6 nitrogen and oxygen atoms in total. The van der Waals surface area contributed by atoms with Crippen LogP contribution in [0.1, 0.15) is 41.0 Å². The molecule has 0 saturated heterocycles. The van der Waals surface area contributed by atoms with Gasteiger partial charge in [0, 0.05) is 25.2 Å². The molecule has 25 heavy (non-hydrogen) atoms. The smallest absolute Gasteiger partial charge is 0.258 e. The molecule has 2 N–H and O–H groups in total. The number of aromatic nitrogens is 2. The fourth-order valence-corrected chi connectivity index (χ4v) is 3.33. The van der Waals surface area contributed by atoms with Crippen LogP contribution in [-0.2, 0) is 24.3 Å². The molecule has 0 aliphatic carbocycles. The van der Waals surface area contributed by atoms with Crippen molar-refractivity contribution in [3.8, 4) is 0 Å². The van der Waals surface area contributed by atoms with Crippen LogP contribution in [0.3, 0.4) is 0 Å². The molecule has 3 rings (SSSR count). The molecule has 0 unspecified atom stereocenters. The summed E-state index contributed by atoms with van der Waals surface area (Å²) in [6, 6.07) is 7.23. The second kappa shape index (κ2) is 6.70. The Morgan fingerprint density at radius 3 is 2.60 bits per heavy atom. The van der Waals surface area contributed by atoms with Crippen molar-refractivity contribution in [3.05, 3.63) is 52.8 Å². The van der Waals surface area contributed by atoms with E-state index in [1.807, 2.05) is 35.9 Å². The van der Waals surface area contributed by atoms with E-state index >= 15 is 0 Å². The van der Waals surface area contributed by atoms with Gasteiger partial charge in [0.15, 0.2) is 0 Å². The molecule has 1 atom stereocenters. The molecule has 0 bridgehead atoms. The number of carbonyl (C=O) groups is 2. The molecular formula is C19H24N4O2. The topological polar surface area (TPSA) is 81.2 Å². The molecule has 2 amide bonds. The molecule has 2 heterocycles. The third kappa shape index (κ3) is 3.29. The second-order valence-electron chi connectivity index (χ2n) is 7.04. The van der Waals surface area contributed by atoms with Gasteiger partial charge in [-0.05, 0) is 24.0 Å². The van der Waals surface area contributed by atoms with Crippen molar-refractivity contribution in [2.24, 2.45) is 11.7 Å². The van der Waals surface area contributed by atoms with Gasteiger partial charge >= 0.3 is 0 Å². The van der Waals surface area contributed by atoms with Crippen LogP contribution in [0.2, 0.25) is 0 Å². The zero-order chi connectivity index (χ0) is 18.1. The van der Waals surface area contributed by atoms with E-state index in [1.165, 1.54) is 0 Å². The SMILES string of the molecule is Cc1c(C(=O)N2Cc3ccccc3C[C@H]2C(N)=O)cnn1CC(C)C. The molecule has 1 aliphatic heterocycles. The lowest BCUT2D eigenvalue weighted by Crippen LogP contribution is -2.51. The van der Waals surface area contributed by atoms with Crippen LogP contribution in [0.15, 0.2) is 30.5 Å². The minimum atomic E-state index is -0.629. The largest absolute Gasteiger partial charge is 0.368 e. The Balaban J connectivity index is 1.93. The average Bonchev–Trinajstić information content (AvgIpc) is 2.93. The Labute approximate surface area is 147 Å². The van der Waals surface area contributed by atoms with E-state index in [0.29, 0.717) is 24.4 Å². The van der Waals surface area contributed by atoms with E-state index in [2.05, 4.69) is 18.9 Å². The molecule has 0 spiro atoms. The van der Waals surface area contributed by atoms with Crippen molar-refractivity contribution in [2.45, 2.75) is 46.3 Å². The molecule has 2 aromatic rings. The van der Waals surface area contributed by atoms with E-state index < -0.39 is 11.9 Å². The van der Waals surface area contributed by atoms with Gasteiger partial charge in [-0.1, -0.05) is 38.1 Å². The van der Waals surface area contributed by atoms with Gasteiger partial charge in [0.1, 0.15) is 6.04 Å². The van der Waals surface area contributed by atoms with Crippen LogP contribution in [0.4, 0.5) is 0 Å². The summed E-state index contributed by atoms with van der Waals surface area (Å²) >= 11 is 0. The van der Waals surface area contributed by atoms with E-state index in [4.69, 9.17) is 5.73 Å². The quantitative estimate of drug-likeness (QED) is 0.923. The number of nitrogens with zero attached hydrogens (tertiary/aromatic N) is 3. The minimum absolute atomic E-state index is 0.189. The Hall–Kier alpha value is -2.63. The molecule has 0 radical (unpaired) electrons. The molecule has 0 fully saturated rings. The van der Waals surface area contributed by atoms with Crippen molar-refractivity contribution in [1.29, 1.82) is 0 Å². The highest BCUT2D eigenvalue weighted by Crippen LogP contribution is 2.25. The third-order valence-electron chi connectivity index (χ3n) is 4.71. The van der Waals surface area contributed by atoms with E-state index in [-0.39, 0.29) is 5.91 Å². The minimum Gasteiger partial charge on any atom is -0.368 e. The molecular weight excluding hydrogens is 316 g/mol. The van der Waals surface area contributed by atoms with E-state index in [9.17, 15) is 9.59 Å². The van der Waals surface area contributed by atoms with Gasteiger partial charge in [-0.15, -0.1) is 0 Å². The zero-order valence-electron chi connectivity index (χ0n) is 14.9. The lowest BCUT2D eigenvalue weighted by molar-refractivity contribution is -0.122. The predicted molar refractivity (Wildman–Crippen MR) is 94.8 cm³/mol. The first-order chi connectivity index (χ1) is 11.9. The van der Waals surface area contributed by atoms with Crippen LogP contribution < -0.4 is 5.73 Å². The van der Waals surface area contributed by atoms with Gasteiger partial charge in [0.25, 0.3) is 5.91 Å². The van der Waals surface area contributed by atoms with Gasteiger partial charge in [-0.2, -0.15) is 5.10 Å². The summed E-state index contributed by atoms with van der Waals surface area (Å²) in [4.78, 5) is 26.6. The van der Waals surface area contributed by atoms with Crippen molar-refractivity contribution in [3.63, 3.8) is 0 Å². The third-order valence-corrected chi connectivity index (χ3v) is 4.71. The molecule has 6 heteroatoms. The normalized spacial score (nSPS) is 16.8. The lowest BCUT2D eigenvalue weighted by Gasteiger charge is -2.35. The van der Waals surface area contributed by atoms with Gasteiger partial charge in [-0.25, -0.2) is 0 Å². The van der Waals surface area contributed by atoms with Crippen molar-refractivity contribution >= 4 is 11.8 Å². The summed E-state index contributed by atoms with van der Waals surface area (Å²) in [6.07, 6.45) is 2.05. The Morgan fingerprint density at radius 1 is 1.28 bits per heavy atom. The van der Waals surface area contributed by atoms with Gasteiger partial charge < -0.3 is 10.6 Å². The highest BCUT2D eigenvalue weighted by atomic mass is 16.2. The number of benzene rings is 1. The first-order valence-electron chi connectivity index (χ1n) is 8.58. The zero-order valence-corrected chi connectivity index (χ0v) is 14.9. The highest BCUT2D eigenvalue weighted by Gasteiger charge is 2.34. The Morgan fingerprint density at radius 2 is 1.96 bits per heavy atom. The summed E-state index contributed by atoms with van der Waals surface area (Å²) in [6.45, 7) is 7.24. The van der Waals surface area contributed by atoms with Crippen molar-refractivity contribution in [2.75, 3.05) is 0 Å². The standard InChI is InChI=1S/C19H24N4O2/c1-12(2)10-23-13(3)16(9-21-23)19(25)22-11-15-7-5-4-6-14(15)8-17(22)18(20)24/h4-7,9,12,17H,8,10-11H2,1-3H3,(H2,20,24)/t17-/m0/s1. The summed E-state index contributed by atoms with van der Waals surface area (Å²) in [7, 11) is 0. The Kier molecular flexibility index (Phi) is 4.61. The number of primary amides is 1. The molecule has 1 aromatic heterocycles. The average molecular weight is 340 g/mol. The van der Waals surface area contributed by atoms with Crippen LogP contribution >= 0.6 is 0 Å². The maximum Gasteiger partial charge on any atom is 0.258 e. The fraction of sp³-hybridized carbons (Fsp3) is 0.421. The Bertz CT molecular complexity index is 810. The number of carbonyl (C=O) groups excluding carboxylic acids is 2. The molecule has 1 aliphatic rings. The summed E-state index contributed by atoms with van der Waals surface area (Å²) in [5, 5.41) is 4.34. The summed E-state index contributed by atoms with van der Waals surface area (Å²) in [5.74, 6) is -0.234. The highest BCUT2D eigenvalue weighted by molar-refractivity contribution is 5.98. The summed E-state index contributed by atoms with van der Waals surface area (Å²) in [5.41, 5.74) is 9.07. The number of hydrogen-bond donors (Lipinski definition) is 1. The van der Waals surface area contributed by atoms with Crippen LogP contribution in [0, 0.1) is 12.8 Å². The molecule has 0 saturated carbocycles. The second-order valence-corrected chi connectivity index (χ2v) is 7.04. The lowest BCUT2D eigenvalue weighted by atomic mass is 9.93. The van der Waals surface area contributed by atoms with E-state index in [0.717, 1.165) is 23.4 Å². The first kappa shape index (κ1) is 17.2.